The number of terminal acetylenes is 2. The minimum atomic E-state index is -4.53. The molecule has 0 spiro atoms. The van der Waals surface area contributed by atoms with Crippen molar-refractivity contribution in [2.45, 2.75) is 107 Å². The molecule has 2 aromatic carbocycles. The number of hydrogen-bond donors (Lipinski definition) is 4. The molecule has 0 fully saturated rings. The summed E-state index contributed by atoms with van der Waals surface area (Å²) in [5.41, 5.74) is 15.7. The standard InChI is InChI=1S/2C27H28BF2N2O2/c2*1-6-17-11-13-19(14-12-17)25-21(9-4)22(10-5)27(32-25)24-15-23(33-28(29,30)34-24)26-20(8-3)18(7-2)16-31-26/h2*1,11-16,32H,7-10H2,2-5H3/q2*-1/p+2/b2*26-23-. The maximum atomic E-state index is 14.7. The molecule has 4 aliphatic rings. The molecule has 8 nitrogen and oxygen atoms in total. The fourth-order valence-corrected chi connectivity index (χ4v) is 9.50. The first-order chi connectivity index (χ1) is 32.7. The van der Waals surface area contributed by atoms with Crippen LogP contribution in [0.25, 0.3) is 34.0 Å². The zero-order valence-corrected chi connectivity index (χ0v) is 40.0. The second-order valence-corrected chi connectivity index (χ2v) is 16.6. The summed E-state index contributed by atoms with van der Waals surface area (Å²) in [5.74, 6) is 5.59. The second kappa shape index (κ2) is 20.4. The third kappa shape index (κ3) is 9.69. The number of aromatic amines is 2. The molecule has 0 unspecified atom stereocenters. The number of allylic oxidation sites excluding steroid dienone is 6. The van der Waals surface area contributed by atoms with Crippen LogP contribution in [0, 0.1) is 24.7 Å². The van der Waals surface area contributed by atoms with Gasteiger partial charge in [0.05, 0.1) is 11.4 Å². The van der Waals surface area contributed by atoms with E-state index in [9.17, 15) is 17.3 Å². The van der Waals surface area contributed by atoms with Crippen LogP contribution in [0.2, 0.25) is 0 Å². The van der Waals surface area contributed by atoms with Gasteiger partial charge in [0.15, 0.2) is 23.9 Å². The molecule has 0 radical (unpaired) electrons. The van der Waals surface area contributed by atoms with Crippen molar-refractivity contribution in [3.8, 4) is 47.2 Å². The molecule has 4 aromatic rings. The van der Waals surface area contributed by atoms with E-state index in [2.05, 4.69) is 45.6 Å². The lowest BCUT2D eigenvalue weighted by Crippen LogP contribution is -2.65. The van der Waals surface area contributed by atoms with E-state index in [1.54, 1.807) is 12.2 Å². The van der Waals surface area contributed by atoms with Crippen molar-refractivity contribution in [2.24, 2.45) is 0 Å². The average molecular weight is 925 g/mol. The van der Waals surface area contributed by atoms with Gasteiger partial charge in [-0.2, -0.15) is 0 Å². The van der Waals surface area contributed by atoms with Gasteiger partial charge in [0, 0.05) is 57.0 Å². The van der Waals surface area contributed by atoms with Crippen molar-refractivity contribution < 1.29 is 45.9 Å². The predicted molar refractivity (Wildman–Crippen MR) is 265 cm³/mol. The smallest absolute Gasteiger partial charge is 0.626 e. The highest BCUT2D eigenvalue weighted by Crippen LogP contribution is 2.41. The summed E-state index contributed by atoms with van der Waals surface area (Å²) in [5, 5.41) is 0. The highest BCUT2D eigenvalue weighted by Gasteiger charge is 2.43. The van der Waals surface area contributed by atoms with E-state index < -0.39 is 14.2 Å². The third-order valence-corrected chi connectivity index (χ3v) is 12.7. The minimum absolute atomic E-state index is 0.0824. The lowest BCUT2D eigenvalue weighted by atomic mass is 9.98. The molecule has 0 atom stereocenters. The van der Waals surface area contributed by atoms with E-state index in [0.29, 0.717) is 48.5 Å². The molecule has 0 saturated carbocycles. The van der Waals surface area contributed by atoms with E-state index in [-0.39, 0.29) is 23.0 Å². The number of H-pyrrole nitrogens is 2. The summed E-state index contributed by atoms with van der Waals surface area (Å²) in [6.45, 7) is 16.2. The number of hydrogen-bond acceptors (Lipinski definition) is 4. The van der Waals surface area contributed by atoms with E-state index in [0.717, 1.165) is 104 Å². The second-order valence-electron chi connectivity index (χ2n) is 16.6. The normalized spacial score (nSPS) is 19.0. The van der Waals surface area contributed by atoms with Crippen LogP contribution in [-0.2, 0) is 44.3 Å². The summed E-state index contributed by atoms with van der Waals surface area (Å²) >= 11 is 0. The van der Waals surface area contributed by atoms with Gasteiger partial charge in [0.1, 0.15) is 11.5 Å². The minimum Gasteiger partial charge on any atom is -0.626 e. The zero-order valence-electron chi connectivity index (χ0n) is 40.0. The monoisotopic (exact) mass is 924 g/mol. The highest BCUT2D eigenvalue weighted by atomic mass is 19.3. The molecular formula is C54H58B2F4N4O4. The molecule has 8 rings (SSSR count). The number of halogens is 4. The molecular weight excluding hydrogens is 866 g/mol. The number of benzene rings is 2. The summed E-state index contributed by atoms with van der Waals surface area (Å²) in [7, 11) is -9.06. The van der Waals surface area contributed by atoms with Crippen molar-refractivity contribution in [2.75, 3.05) is 0 Å². The highest BCUT2D eigenvalue weighted by molar-refractivity contribution is 6.54. The molecule has 4 N–H and O–H groups in total. The molecule has 68 heavy (non-hydrogen) atoms. The van der Waals surface area contributed by atoms with Gasteiger partial charge in [-0.3, -0.25) is 0 Å². The van der Waals surface area contributed by atoms with Crippen molar-refractivity contribution >= 4 is 38.2 Å². The fourth-order valence-electron chi connectivity index (χ4n) is 9.50. The van der Waals surface area contributed by atoms with Crippen LogP contribution in [0.15, 0.2) is 106 Å². The Morgan fingerprint density at radius 2 is 0.809 bits per heavy atom. The first kappa shape index (κ1) is 48.9. The van der Waals surface area contributed by atoms with Crippen LogP contribution < -0.4 is 9.98 Å². The van der Waals surface area contributed by atoms with Gasteiger partial charge in [0.2, 0.25) is 11.4 Å². The molecule has 6 heterocycles. The number of nitrogens with one attached hydrogen (secondary N) is 4. The zero-order chi connectivity index (χ0) is 48.9. The SMILES string of the molecule is C#Cc1ccc(-c2[nH]c(C3=C/C(=C4/[NH+]=CC(CC)=C4CC)O[B-](F)(F)O3)c(CC)c2CC)cc1.C#Cc1ccc(-c2[nH]c(C3=C/C(=C4/[NH+]=CC(CC)=C4CC)O[B-](F)(F)O3)c(CC)c2CC)cc1. The van der Waals surface area contributed by atoms with Gasteiger partial charge in [-0.1, -0.05) is 91.5 Å². The Labute approximate surface area is 397 Å². The number of rotatable bonds is 12. The molecule has 0 amide bonds. The fraction of sp³-hybridized carbons (Fsp3) is 0.296. The molecule has 352 valence electrons. The molecule has 14 heteroatoms. The van der Waals surface area contributed by atoms with Crippen LogP contribution in [0.4, 0.5) is 17.3 Å². The van der Waals surface area contributed by atoms with Crippen molar-refractivity contribution in [3.05, 3.63) is 151 Å². The third-order valence-electron chi connectivity index (χ3n) is 12.7. The average Bonchev–Trinajstić information content (AvgIpc) is 4.15. The van der Waals surface area contributed by atoms with E-state index in [4.69, 9.17) is 31.5 Å². The molecule has 0 saturated heterocycles. The van der Waals surface area contributed by atoms with Crippen LogP contribution in [0.3, 0.4) is 0 Å². The molecule has 0 bridgehead atoms. The molecule has 0 aliphatic carbocycles. The summed E-state index contributed by atoms with van der Waals surface area (Å²) in [6, 6.07) is 15.3. The maximum absolute atomic E-state index is 14.7. The first-order valence-electron chi connectivity index (χ1n) is 23.6. The van der Waals surface area contributed by atoms with Gasteiger partial charge in [0.25, 0.3) is 0 Å². The predicted octanol–water partition coefficient (Wildman–Crippen LogP) is 10.1. The Kier molecular flexibility index (Phi) is 14.7. The van der Waals surface area contributed by atoms with Gasteiger partial charge in [-0.05, 0) is 109 Å². The summed E-state index contributed by atoms with van der Waals surface area (Å²) in [4.78, 5) is 13.0. The maximum Gasteiger partial charge on any atom is 0.726 e. The van der Waals surface area contributed by atoms with Gasteiger partial charge in [-0.15, -0.1) is 12.8 Å². The van der Waals surface area contributed by atoms with Gasteiger partial charge >= 0.3 is 14.2 Å². The Morgan fingerprint density at radius 1 is 0.471 bits per heavy atom. The van der Waals surface area contributed by atoms with Gasteiger partial charge in [-0.25, -0.2) is 9.98 Å². The van der Waals surface area contributed by atoms with Crippen LogP contribution in [-0.4, -0.2) is 36.6 Å². The first-order valence-corrected chi connectivity index (χ1v) is 23.6. The van der Waals surface area contributed by atoms with Gasteiger partial charge < -0.3 is 45.8 Å². The quantitative estimate of drug-likeness (QED) is 0.0647. The van der Waals surface area contributed by atoms with Crippen LogP contribution in [0.5, 0.6) is 0 Å². The number of aromatic nitrogens is 2. The van der Waals surface area contributed by atoms with Crippen molar-refractivity contribution in [1.29, 1.82) is 0 Å². The van der Waals surface area contributed by atoms with E-state index in [1.165, 1.54) is 0 Å². The summed E-state index contributed by atoms with van der Waals surface area (Å²) < 4.78 is 79.3. The Hall–Kier alpha value is -7.05. The van der Waals surface area contributed by atoms with Crippen LogP contribution >= 0.6 is 0 Å². The van der Waals surface area contributed by atoms with Crippen molar-refractivity contribution in [1.82, 2.24) is 9.97 Å². The topological polar surface area (TPSA) is 96.4 Å². The van der Waals surface area contributed by atoms with Crippen LogP contribution in [0.1, 0.15) is 126 Å². The molecule has 2 aromatic heterocycles. The lowest BCUT2D eigenvalue weighted by Gasteiger charge is -2.34. The Morgan fingerprint density at radius 3 is 1.10 bits per heavy atom. The van der Waals surface area contributed by atoms with E-state index >= 15 is 0 Å². The Balaban J connectivity index is 0.000000201. The largest absolute Gasteiger partial charge is 0.726 e. The molecule has 4 aliphatic heterocycles. The Bertz CT molecular complexity index is 2750. The summed E-state index contributed by atoms with van der Waals surface area (Å²) in [6.07, 6.45) is 23.7. The van der Waals surface area contributed by atoms with Crippen molar-refractivity contribution in [3.63, 3.8) is 0 Å². The lowest BCUT2D eigenvalue weighted by molar-refractivity contribution is -0.386. The van der Waals surface area contributed by atoms with E-state index in [1.807, 2.05) is 103 Å².